The number of nitrogens with zero attached hydrogens (tertiary/aromatic N) is 2. The number of aryl methyl sites for hydroxylation is 1. The van der Waals surface area contributed by atoms with Crippen LogP contribution < -0.4 is 10.2 Å². The van der Waals surface area contributed by atoms with Crippen LogP contribution in [0.25, 0.3) is 6.08 Å². The Kier molecular flexibility index (Phi) is 3.97. The van der Waals surface area contributed by atoms with Gasteiger partial charge < -0.3 is 15.1 Å². The van der Waals surface area contributed by atoms with Crippen LogP contribution in [0.5, 0.6) is 0 Å². The summed E-state index contributed by atoms with van der Waals surface area (Å²) < 4.78 is 0. The SMILES string of the molecule is Cc1ccc(N2CCN(C)CC2)c(C=C2CCNC2=O)c1. The Morgan fingerprint density at radius 3 is 2.62 bits per heavy atom. The number of carbonyl (C=O) groups is 1. The highest BCUT2D eigenvalue weighted by molar-refractivity contribution is 6.00. The largest absolute Gasteiger partial charge is 0.368 e. The Hall–Kier alpha value is -1.81. The van der Waals surface area contributed by atoms with E-state index in [1.165, 1.54) is 16.8 Å². The van der Waals surface area contributed by atoms with Gasteiger partial charge in [-0.1, -0.05) is 11.6 Å². The molecule has 2 fully saturated rings. The third-order valence-electron chi connectivity index (χ3n) is 4.33. The summed E-state index contributed by atoms with van der Waals surface area (Å²) in [4.78, 5) is 16.6. The highest BCUT2D eigenvalue weighted by Crippen LogP contribution is 2.26. The number of anilines is 1. The summed E-state index contributed by atoms with van der Waals surface area (Å²) in [7, 11) is 2.16. The summed E-state index contributed by atoms with van der Waals surface area (Å²) in [5, 5.41) is 2.88. The molecule has 1 aromatic carbocycles. The molecule has 112 valence electrons. The van der Waals surface area contributed by atoms with E-state index in [2.05, 4.69) is 53.4 Å². The molecule has 0 aromatic heterocycles. The molecule has 1 N–H and O–H groups in total. The lowest BCUT2D eigenvalue weighted by molar-refractivity contribution is -0.116. The van der Waals surface area contributed by atoms with Crippen molar-refractivity contribution in [3.05, 3.63) is 34.9 Å². The van der Waals surface area contributed by atoms with E-state index in [0.29, 0.717) is 0 Å². The molecule has 3 rings (SSSR count). The van der Waals surface area contributed by atoms with Gasteiger partial charge in [-0.2, -0.15) is 0 Å². The summed E-state index contributed by atoms with van der Waals surface area (Å²) in [6, 6.07) is 6.54. The van der Waals surface area contributed by atoms with E-state index in [0.717, 1.165) is 44.7 Å². The van der Waals surface area contributed by atoms with Gasteiger partial charge in [-0.05, 0) is 44.2 Å². The lowest BCUT2D eigenvalue weighted by Gasteiger charge is -2.35. The lowest BCUT2D eigenvalue weighted by atomic mass is 10.0. The minimum Gasteiger partial charge on any atom is -0.368 e. The van der Waals surface area contributed by atoms with Gasteiger partial charge in [-0.3, -0.25) is 4.79 Å². The number of benzene rings is 1. The predicted molar refractivity (Wildman–Crippen MR) is 86.5 cm³/mol. The topological polar surface area (TPSA) is 35.6 Å². The van der Waals surface area contributed by atoms with Crippen LogP contribution in [0.15, 0.2) is 23.8 Å². The first kappa shape index (κ1) is 14.1. The maximum absolute atomic E-state index is 11.8. The van der Waals surface area contributed by atoms with Gasteiger partial charge in [0.15, 0.2) is 0 Å². The summed E-state index contributed by atoms with van der Waals surface area (Å²) in [5.74, 6) is 0.0841. The van der Waals surface area contributed by atoms with Crippen molar-refractivity contribution < 1.29 is 4.79 Å². The normalized spacial score (nSPS) is 21.9. The van der Waals surface area contributed by atoms with Crippen molar-refractivity contribution in [1.82, 2.24) is 10.2 Å². The van der Waals surface area contributed by atoms with Crippen LogP contribution in [-0.2, 0) is 4.79 Å². The molecule has 0 aliphatic carbocycles. The smallest absolute Gasteiger partial charge is 0.247 e. The Morgan fingerprint density at radius 2 is 1.95 bits per heavy atom. The number of hydrogen-bond acceptors (Lipinski definition) is 3. The molecule has 0 radical (unpaired) electrons. The van der Waals surface area contributed by atoms with E-state index in [-0.39, 0.29) is 5.91 Å². The van der Waals surface area contributed by atoms with E-state index in [9.17, 15) is 4.79 Å². The Balaban J connectivity index is 1.92. The van der Waals surface area contributed by atoms with Crippen molar-refractivity contribution in [2.45, 2.75) is 13.3 Å². The van der Waals surface area contributed by atoms with E-state index >= 15 is 0 Å². The van der Waals surface area contributed by atoms with Crippen LogP contribution >= 0.6 is 0 Å². The van der Waals surface area contributed by atoms with E-state index in [1.54, 1.807) is 0 Å². The fourth-order valence-electron chi connectivity index (χ4n) is 2.99. The molecular formula is C17H23N3O. The fourth-order valence-corrected chi connectivity index (χ4v) is 2.99. The van der Waals surface area contributed by atoms with Gasteiger partial charge in [0.2, 0.25) is 5.91 Å². The van der Waals surface area contributed by atoms with E-state index in [1.807, 2.05) is 0 Å². The average Bonchev–Trinajstić information content (AvgIpc) is 2.86. The second-order valence-electron chi connectivity index (χ2n) is 6.03. The molecular weight excluding hydrogens is 262 g/mol. The van der Waals surface area contributed by atoms with Crippen molar-refractivity contribution in [1.29, 1.82) is 0 Å². The van der Waals surface area contributed by atoms with E-state index < -0.39 is 0 Å². The van der Waals surface area contributed by atoms with Gasteiger partial charge in [-0.25, -0.2) is 0 Å². The van der Waals surface area contributed by atoms with Crippen LogP contribution in [0.4, 0.5) is 5.69 Å². The zero-order valence-corrected chi connectivity index (χ0v) is 12.9. The van der Waals surface area contributed by atoms with Crippen molar-refractivity contribution in [3.63, 3.8) is 0 Å². The number of hydrogen-bond donors (Lipinski definition) is 1. The second kappa shape index (κ2) is 5.90. The van der Waals surface area contributed by atoms with Gasteiger partial charge in [0.05, 0.1) is 0 Å². The molecule has 1 aromatic rings. The number of amides is 1. The van der Waals surface area contributed by atoms with Crippen molar-refractivity contribution in [3.8, 4) is 0 Å². The summed E-state index contributed by atoms with van der Waals surface area (Å²) in [5.41, 5.74) is 4.56. The van der Waals surface area contributed by atoms with E-state index in [4.69, 9.17) is 0 Å². The minimum atomic E-state index is 0.0841. The van der Waals surface area contributed by atoms with Crippen LogP contribution in [0.1, 0.15) is 17.5 Å². The third kappa shape index (κ3) is 3.10. The number of piperazine rings is 1. The first-order chi connectivity index (χ1) is 10.1. The molecule has 21 heavy (non-hydrogen) atoms. The van der Waals surface area contributed by atoms with Crippen molar-refractivity contribution >= 4 is 17.7 Å². The summed E-state index contributed by atoms with van der Waals surface area (Å²) in [6.45, 7) is 7.13. The molecule has 0 bridgehead atoms. The van der Waals surface area contributed by atoms with Gasteiger partial charge in [0, 0.05) is 44.0 Å². The standard InChI is InChI=1S/C17H23N3O/c1-13-3-4-16(20-9-7-19(2)8-10-20)15(11-13)12-14-5-6-18-17(14)21/h3-4,11-12H,5-10H2,1-2H3,(H,18,21). The highest BCUT2D eigenvalue weighted by Gasteiger charge is 2.19. The fraction of sp³-hybridized carbons (Fsp3) is 0.471. The van der Waals surface area contributed by atoms with Gasteiger partial charge >= 0.3 is 0 Å². The minimum absolute atomic E-state index is 0.0841. The van der Waals surface area contributed by atoms with Crippen LogP contribution in [0.3, 0.4) is 0 Å². The molecule has 0 unspecified atom stereocenters. The van der Waals surface area contributed by atoms with Gasteiger partial charge in [-0.15, -0.1) is 0 Å². The third-order valence-corrected chi connectivity index (χ3v) is 4.33. The first-order valence-corrected chi connectivity index (χ1v) is 7.66. The van der Waals surface area contributed by atoms with Crippen LogP contribution in [-0.4, -0.2) is 50.6 Å². The van der Waals surface area contributed by atoms with Crippen LogP contribution in [0, 0.1) is 6.92 Å². The maximum atomic E-state index is 11.8. The molecule has 4 nitrogen and oxygen atoms in total. The summed E-state index contributed by atoms with van der Waals surface area (Å²) >= 11 is 0. The monoisotopic (exact) mass is 285 g/mol. The molecule has 1 amide bonds. The molecule has 0 spiro atoms. The first-order valence-electron chi connectivity index (χ1n) is 7.66. The molecule has 2 aliphatic heterocycles. The van der Waals surface area contributed by atoms with Crippen LogP contribution in [0.2, 0.25) is 0 Å². The van der Waals surface area contributed by atoms with Crippen molar-refractivity contribution in [2.24, 2.45) is 0 Å². The average molecular weight is 285 g/mol. The Bertz CT molecular complexity index is 571. The zero-order chi connectivity index (χ0) is 14.8. The highest BCUT2D eigenvalue weighted by atomic mass is 16.1. The number of nitrogens with one attached hydrogen (secondary N) is 1. The second-order valence-corrected chi connectivity index (χ2v) is 6.03. The predicted octanol–water partition coefficient (Wildman–Crippen LogP) is 1.65. The van der Waals surface area contributed by atoms with Gasteiger partial charge in [0.1, 0.15) is 0 Å². The Morgan fingerprint density at radius 1 is 1.19 bits per heavy atom. The van der Waals surface area contributed by atoms with Crippen molar-refractivity contribution in [2.75, 3.05) is 44.7 Å². The molecule has 2 aliphatic rings. The number of likely N-dealkylation sites (N-methyl/N-ethyl adjacent to an activating group) is 1. The maximum Gasteiger partial charge on any atom is 0.247 e. The lowest BCUT2D eigenvalue weighted by Crippen LogP contribution is -2.44. The summed E-state index contributed by atoms with van der Waals surface area (Å²) in [6.07, 6.45) is 2.90. The molecule has 2 saturated heterocycles. The quantitative estimate of drug-likeness (QED) is 0.839. The molecule has 0 saturated carbocycles. The number of rotatable bonds is 2. The zero-order valence-electron chi connectivity index (χ0n) is 12.9. The molecule has 2 heterocycles. The molecule has 4 heteroatoms. The Labute approximate surface area is 126 Å². The number of carbonyl (C=O) groups excluding carboxylic acids is 1. The van der Waals surface area contributed by atoms with Gasteiger partial charge in [0.25, 0.3) is 0 Å². The molecule has 0 atom stereocenters.